The molecule has 1 unspecified atom stereocenters. The Morgan fingerprint density at radius 1 is 1.50 bits per heavy atom. The first-order valence-corrected chi connectivity index (χ1v) is 6.42. The lowest BCUT2D eigenvalue weighted by molar-refractivity contribution is 0.641. The molecule has 0 bridgehead atoms. The fourth-order valence-corrected chi connectivity index (χ4v) is 1.97. The number of rotatable bonds is 5. The Kier molecular flexibility index (Phi) is 3.92. The Morgan fingerprint density at radius 2 is 2.25 bits per heavy atom. The van der Waals surface area contributed by atoms with E-state index < -0.39 is 11.2 Å². The molecule has 8 nitrogen and oxygen atoms in total. The number of nitrogen functional groups attached to an aromatic ring is 1. The molecule has 2 aromatic heterocycles. The topological polar surface area (TPSA) is 122 Å². The van der Waals surface area contributed by atoms with Crippen molar-refractivity contribution >= 4 is 11.5 Å². The summed E-state index contributed by atoms with van der Waals surface area (Å²) >= 11 is 0. The van der Waals surface area contributed by atoms with E-state index in [0.29, 0.717) is 6.54 Å². The Morgan fingerprint density at radius 3 is 2.85 bits per heavy atom. The summed E-state index contributed by atoms with van der Waals surface area (Å²) < 4.78 is 1.35. The van der Waals surface area contributed by atoms with Crippen molar-refractivity contribution in [3.05, 3.63) is 38.8 Å². The highest BCUT2D eigenvalue weighted by atomic mass is 16.2. The molecule has 0 aromatic carbocycles. The molecule has 0 radical (unpaired) electrons. The number of hydrogen-bond acceptors (Lipinski definition) is 5. The van der Waals surface area contributed by atoms with E-state index in [1.165, 1.54) is 4.57 Å². The SMILES string of the molecule is CCCn1c(N)c(NC(C)c2cn[nH]c2)c(=O)[nH]c1=O. The molecule has 0 aliphatic carbocycles. The van der Waals surface area contributed by atoms with E-state index in [2.05, 4.69) is 20.5 Å². The molecule has 0 aliphatic heterocycles. The van der Waals surface area contributed by atoms with Crippen molar-refractivity contribution in [1.29, 1.82) is 0 Å². The zero-order valence-corrected chi connectivity index (χ0v) is 11.4. The summed E-state index contributed by atoms with van der Waals surface area (Å²) in [5, 5.41) is 9.58. The molecule has 2 rings (SSSR count). The third-order valence-corrected chi connectivity index (χ3v) is 3.07. The van der Waals surface area contributed by atoms with Crippen molar-refractivity contribution in [2.24, 2.45) is 0 Å². The average Bonchev–Trinajstić information content (AvgIpc) is 2.93. The highest BCUT2D eigenvalue weighted by molar-refractivity contribution is 5.61. The summed E-state index contributed by atoms with van der Waals surface area (Å²) in [6.07, 6.45) is 4.13. The van der Waals surface area contributed by atoms with Crippen LogP contribution in [-0.2, 0) is 6.54 Å². The van der Waals surface area contributed by atoms with Crippen LogP contribution in [0.5, 0.6) is 0 Å². The van der Waals surface area contributed by atoms with E-state index >= 15 is 0 Å². The minimum atomic E-state index is -0.518. The van der Waals surface area contributed by atoms with E-state index in [0.717, 1.165) is 12.0 Å². The summed E-state index contributed by atoms with van der Waals surface area (Å²) in [6.45, 7) is 4.26. The summed E-state index contributed by atoms with van der Waals surface area (Å²) in [5.74, 6) is 0.149. The predicted octanol–water partition coefficient (Wildman–Crippen LogP) is 0.425. The van der Waals surface area contributed by atoms with Crippen molar-refractivity contribution in [3.63, 3.8) is 0 Å². The summed E-state index contributed by atoms with van der Waals surface area (Å²) in [5.41, 5.74) is 6.01. The molecule has 2 heterocycles. The van der Waals surface area contributed by atoms with Crippen LogP contribution in [0.15, 0.2) is 22.0 Å². The smallest absolute Gasteiger partial charge is 0.330 e. The van der Waals surface area contributed by atoms with Crippen molar-refractivity contribution in [2.45, 2.75) is 32.9 Å². The normalized spacial score (nSPS) is 12.3. The molecule has 108 valence electrons. The molecule has 8 heteroatoms. The Hall–Kier alpha value is -2.51. The van der Waals surface area contributed by atoms with Crippen molar-refractivity contribution in [1.82, 2.24) is 19.7 Å². The lowest BCUT2D eigenvalue weighted by Crippen LogP contribution is -2.34. The van der Waals surface area contributed by atoms with Gasteiger partial charge < -0.3 is 11.1 Å². The maximum atomic E-state index is 11.9. The Labute approximate surface area is 115 Å². The van der Waals surface area contributed by atoms with Crippen molar-refractivity contribution < 1.29 is 0 Å². The van der Waals surface area contributed by atoms with Gasteiger partial charge in [-0.2, -0.15) is 5.10 Å². The van der Waals surface area contributed by atoms with Crippen LogP contribution < -0.4 is 22.3 Å². The van der Waals surface area contributed by atoms with Gasteiger partial charge in [0, 0.05) is 18.3 Å². The lowest BCUT2D eigenvalue weighted by atomic mass is 10.2. The van der Waals surface area contributed by atoms with Crippen LogP contribution in [0.1, 0.15) is 31.9 Å². The van der Waals surface area contributed by atoms with Crippen LogP contribution in [0.25, 0.3) is 0 Å². The standard InChI is InChI=1S/C12H18N6O2/c1-3-4-18-10(13)9(11(19)17-12(18)20)16-7(2)8-5-14-15-6-8/h5-7,16H,3-4,13H2,1-2H3,(H,14,15)(H,17,19,20). The van der Waals surface area contributed by atoms with Gasteiger partial charge in [-0.25, -0.2) is 4.79 Å². The largest absolute Gasteiger partial charge is 0.383 e. The first kappa shape index (κ1) is 13.9. The summed E-state index contributed by atoms with van der Waals surface area (Å²) in [7, 11) is 0. The summed E-state index contributed by atoms with van der Waals surface area (Å²) in [4.78, 5) is 25.9. The maximum absolute atomic E-state index is 11.9. The number of nitrogens with two attached hydrogens (primary N) is 1. The van der Waals surface area contributed by atoms with Gasteiger partial charge in [0.2, 0.25) is 0 Å². The molecule has 20 heavy (non-hydrogen) atoms. The zero-order chi connectivity index (χ0) is 14.7. The van der Waals surface area contributed by atoms with Gasteiger partial charge in [-0.05, 0) is 13.3 Å². The van der Waals surface area contributed by atoms with Crippen molar-refractivity contribution in [3.8, 4) is 0 Å². The molecule has 0 amide bonds. The lowest BCUT2D eigenvalue weighted by Gasteiger charge is -2.17. The Balaban J connectivity index is 2.39. The minimum absolute atomic E-state index is 0.149. The van der Waals surface area contributed by atoms with Crippen LogP contribution in [0.2, 0.25) is 0 Å². The number of nitrogens with zero attached hydrogens (tertiary/aromatic N) is 2. The van der Waals surface area contributed by atoms with Crippen molar-refractivity contribution in [2.75, 3.05) is 11.1 Å². The van der Waals surface area contributed by atoms with Gasteiger partial charge >= 0.3 is 5.69 Å². The third-order valence-electron chi connectivity index (χ3n) is 3.07. The average molecular weight is 278 g/mol. The minimum Gasteiger partial charge on any atom is -0.383 e. The molecular formula is C12H18N6O2. The fourth-order valence-electron chi connectivity index (χ4n) is 1.97. The van der Waals surface area contributed by atoms with Crippen LogP contribution in [-0.4, -0.2) is 19.7 Å². The molecule has 0 aliphatic rings. The van der Waals surface area contributed by atoms with Gasteiger partial charge in [-0.15, -0.1) is 0 Å². The second kappa shape index (κ2) is 5.64. The van der Waals surface area contributed by atoms with E-state index in [1.54, 1.807) is 12.4 Å². The number of aromatic amines is 2. The number of H-pyrrole nitrogens is 2. The zero-order valence-electron chi connectivity index (χ0n) is 11.4. The number of hydrogen-bond donors (Lipinski definition) is 4. The summed E-state index contributed by atoms with van der Waals surface area (Å²) in [6, 6.07) is -0.162. The highest BCUT2D eigenvalue weighted by Gasteiger charge is 2.15. The van der Waals surface area contributed by atoms with Crippen LogP contribution in [0, 0.1) is 0 Å². The van der Waals surface area contributed by atoms with E-state index in [1.807, 2.05) is 13.8 Å². The number of aromatic nitrogens is 4. The van der Waals surface area contributed by atoms with E-state index in [9.17, 15) is 9.59 Å². The molecule has 0 saturated carbocycles. The predicted molar refractivity (Wildman–Crippen MR) is 76.7 cm³/mol. The molecule has 5 N–H and O–H groups in total. The first-order valence-electron chi connectivity index (χ1n) is 6.42. The van der Waals surface area contributed by atoms with E-state index in [4.69, 9.17) is 5.73 Å². The molecule has 2 aromatic rings. The van der Waals surface area contributed by atoms with Crippen LogP contribution in [0.4, 0.5) is 11.5 Å². The molecule has 0 spiro atoms. The fraction of sp³-hybridized carbons (Fsp3) is 0.417. The first-order chi connectivity index (χ1) is 9.54. The van der Waals surface area contributed by atoms with Gasteiger partial charge in [0.1, 0.15) is 11.5 Å². The maximum Gasteiger partial charge on any atom is 0.330 e. The molecular weight excluding hydrogens is 260 g/mol. The number of nitrogens with one attached hydrogen (secondary N) is 3. The van der Waals surface area contributed by atoms with Crippen LogP contribution in [0.3, 0.4) is 0 Å². The van der Waals surface area contributed by atoms with Gasteiger partial charge in [0.25, 0.3) is 5.56 Å². The Bertz CT molecular complexity index is 685. The quantitative estimate of drug-likeness (QED) is 0.631. The van der Waals surface area contributed by atoms with E-state index in [-0.39, 0.29) is 17.5 Å². The monoisotopic (exact) mass is 278 g/mol. The molecule has 0 saturated heterocycles. The highest BCUT2D eigenvalue weighted by Crippen LogP contribution is 2.19. The van der Waals surface area contributed by atoms with Crippen LogP contribution >= 0.6 is 0 Å². The second-order valence-corrected chi connectivity index (χ2v) is 4.57. The van der Waals surface area contributed by atoms with Gasteiger partial charge in [-0.3, -0.25) is 19.4 Å². The molecule has 1 atom stereocenters. The van der Waals surface area contributed by atoms with Gasteiger partial charge in [0.15, 0.2) is 0 Å². The third kappa shape index (κ3) is 2.58. The van der Waals surface area contributed by atoms with Gasteiger partial charge in [-0.1, -0.05) is 6.92 Å². The second-order valence-electron chi connectivity index (χ2n) is 4.57. The molecule has 0 fully saturated rings. The van der Waals surface area contributed by atoms with Gasteiger partial charge in [0.05, 0.1) is 12.2 Å². The number of anilines is 2.